The molecule has 2 heterocycles. The lowest BCUT2D eigenvalue weighted by atomic mass is 10.2. The number of aromatic amines is 1. The molecule has 0 aromatic carbocycles. The largest absolute Gasteiger partial charge is 0.381 e. The molecule has 1 aliphatic heterocycles. The summed E-state index contributed by atoms with van der Waals surface area (Å²) < 4.78 is 31.8. The fraction of sp³-hybridized carbons (Fsp3) is 0.667. The van der Waals surface area contributed by atoms with E-state index in [4.69, 9.17) is 10.5 Å². The SMILES string of the molecule is NCc1cn[nH]c1NS(=O)(=O)C1CCOCC1. The zero-order chi connectivity index (χ0) is 12.3. The summed E-state index contributed by atoms with van der Waals surface area (Å²) in [6, 6.07) is 0. The van der Waals surface area contributed by atoms with E-state index in [0.29, 0.717) is 37.4 Å². The zero-order valence-electron chi connectivity index (χ0n) is 9.35. The van der Waals surface area contributed by atoms with Gasteiger partial charge in [0.1, 0.15) is 5.82 Å². The average Bonchev–Trinajstić information content (AvgIpc) is 2.77. The summed E-state index contributed by atoms with van der Waals surface area (Å²) in [7, 11) is -3.40. The number of nitrogens with zero attached hydrogens (tertiary/aromatic N) is 1. The lowest BCUT2D eigenvalue weighted by molar-refractivity contribution is 0.0984. The first kappa shape index (κ1) is 12.3. The molecule has 0 amide bonds. The first-order valence-corrected chi connectivity index (χ1v) is 7.00. The van der Waals surface area contributed by atoms with Crippen LogP contribution < -0.4 is 10.5 Å². The Bertz CT molecular complexity index is 464. The third-order valence-corrected chi connectivity index (χ3v) is 4.63. The Morgan fingerprint density at radius 2 is 2.24 bits per heavy atom. The number of nitrogens with two attached hydrogens (primary N) is 1. The van der Waals surface area contributed by atoms with Gasteiger partial charge in [0, 0.05) is 25.3 Å². The number of hydrogen-bond donors (Lipinski definition) is 3. The molecule has 0 unspecified atom stereocenters. The molecule has 7 nitrogen and oxygen atoms in total. The van der Waals surface area contributed by atoms with E-state index in [-0.39, 0.29) is 6.54 Å². The number of hydrogen-bond acceptors (Lipinski definition) is 5. The second kappa shape index (κ2) is 5.03. The van der Waals surface area contributed by atoms with E-state index in [2.05, 4.69) is 14.9 Å². The van der Waals surface area contributed by atoms with Gasteiger partial charge in [0.25, 0.3) is 0 Å². The minimum atomic E-state index is -3.40. The summed E-state index contributed by atoms with van der Waals surface area (Å²) >= 11 is 0. The van der Waals surface area contributed by atoms with E-state index in [1.54, 1.807) is 0 Å². The molecule has 4 N–H and O–H groups in total. The Morgan fingerprint density at radius 3 is 2.88 bits per heavy atom. The number of anilines is 1. The Morgan fingerprint density at radius 1 is 1.53 bits per heavy atom. The molecule has 0 spiro atoms. The van der Waals surface area contributed by atoms with Crippen LogP contribution in [0.25, 0.3) is 0 Å². The average molecular weight is 260 g/mol. The van der Waals surface area contributed by atoms with Crippen molar-refractivity contribution in [1.29, 1.82) is 0 Å². The van der Waals surface area contributed by atoms with Crippen LogP contribution in [0.5, 0.6) is 0 Å². The highest BCUT2D eigenvalue weighted by Crippen LogP contribution is 2.19. The summed E-state index contributed by atoms with van der Waals surface area (Å²) in [5.74, 6) is 0.360. The molecule has 1 fully saturated rings. The van der Waals surface area contributed by atoms with Gasteiger partial charge in [-0.3, -0.25) is 9.82 Å². The third kappa shape index (κ3) is 2.76. The van der Waals surface area contributed by atoms with E-state index in [9.17, 15) is 8.42 Å². The van der Waals surface area contributed by atoms with Crippen molar-refractivity contribution in [2.45, 2.75) is 24.6 Å². The van der Waals surface area contributed by atoms with Gasteiger partial charge in [-0.15, -0.1) is 0 Å². The monoisotopic (exact) mass is 260 g/mol. The highest BCUT2D eigenvalue weighted by molar-refractivity contribution is 7.93. The Kier molecular flexibility index (Phi) is 3.65. The van der Waals surface area contributed by atoms with Crippen LogP contribution in [-0.4, -0.2) is 37.1 Å². The number of ether oxygens (including phenoxy) is 1. The van der Waals surface area contributed by atoms with Gasteiger partial charge < -0.3 is 10.5 Å². The van der Waals surface area contributed by atoms with Crippen molar-refractivity contribution in [1.82, 2.24) is 10.2 Å². The first-order chi connectivity index (χ1) is 8.13. The quantitative estimate of drug-likeness (QED) is 0.693. The van der Waals surface area contributed by atoms with Gasteiger partial charge in [-0.05, 0) is 12.8 Å². The number of sulfonamides is 1. The molecule has 17 heavy (non-hydrogen) atoms. The molecular formula is C9H16N4O3S. The van der Waals surface area contributed by atoms with Crippen LogP contribution in [-0.2, 0) is 21.3 Å². The standard InChI is InChI=1S/C9H16N4O3S/c10-5-7-6-11-12-9(7)13-17(14,15)8-1-3-16-4-2-8/h6,8H,1-5,10H2,(H2,11,12,13). The van der Waals surface area contributed by atoms with Crippen molar-refractivity contribution in [3.8, 4) is 0 Å². The molecular weight excluding hydrogens is 244 g/mol. The van der Waals surface area contributed by atoms with Crippen molar-refractivity contribution in [3.05, 3.63) is 11.8 Å². The number of nitrogens with one attached hydrogen (secondary N) is 2. The summed E-state index contributed by atoms with van der Waals surface area (Å²) in [6.45, 7) is 1.21. The Hall–Kier alpha value is -1.12. The molecule has 1 aliphatic rings. The maximum atomic E-state index is 12.1. The Labute approximate surface area is 99.8 Å². The molecule has 1 aromatic rings. The summed E-state index contributed by atoms with van der Waals surface area (Å²) in [6.07, 6.45) is 2.55. The van der Waals surface area contributed by atoms with Gasteiger partial charge >= 0.3 is 0 Å². The Balaban J connectivity index is 2.11. The molecule has 96 valence electrons. The van der Waals surface area contributed by atoms with Crippen LogP contribution in [0.2, 0.25) is 0 Å². The molecule has 0 bridgehead atoms. The minimum Gasteiger partial charge on any atom is -0.381 e. The van der Waals surface area contributed by atoms with Gasteiger partial charge in [-0.25, -0.2) is 8.42 Å². The number of H-pyrrole nitrogens is 1. The predicted octanol–water partition coefficient (Wildman–Crippen LogP) is -0.211. The first-order valence-electron chi connectivity index (χ1n) is 5.45. The highest BCUT2D eigenvalue weighted by atomic mass is 32.2. The number of rotatable bonds is 4. The van der Waals surface area contributed by atoms with Crippen molar-refractivity contribution in [2.75, 3.05) is 17.9 Å². The van der Waals surface area contributed by atoms with E-state index in [1.807, 2.05) is 0 Å². The second-order valence-electron chi connectivity index (χ2n) is 3.93. The van der Waals surface area contributed by atoms with E-state index in [0.717, 1.165) is 0 Å². The summed E-state index contributed by atoms with van der Waals surface area (Å²) in [5, 5.41) is 5.95. The van der Waals surface area contributed by atoms with Gasteiger partial charge in [-0.2, -0.15) is 5.10 Å². The normalized spacial score (nSPS) is 18.2. The zero-order valence-corrected chi connectivity index (χ0v) is 10.2. The molecule has 0 radical (unpaired) electrons. The van der Waals surface area contributed by atoms with Crippen LogP contribution in [0.15, 0.2) is 6.20 Å². The summed E-state index contributed by atoms with van der Waals surface area (Å²) in [4.78, 5) is 0. The lowest BCUT2D eigenvalue weighted by Gasteiger charge is -2.22. The van der Waals surface area contributed by atoms with Crippen LogP contribution in [0.4, 0.5) is 5.82 Å². The molecule has 0 saturated carbocycles. The van der Waals surface area contributed by atoms with Crippen molar-refractivity contribution < 1.29 is 13.2 Å². The molecule has 8 heteroatoms. The van der Waals surface area contributed by atoms with E-state index in [1.165, 1.54) is 6.20 Å². The predicted molar refractivity (Wildman–Crippen MR) is 62.9 cm³/mol. The second-order valence-corrected chi connectivity index (χ2v) is 5.89. The molecule has 1 saturated heterocycles. The van der Waals surface area contributed by atoms with E-state index < -0.39 is 15.3 Å². The molecule has 2 rings (SSSR count). The number of aromatic nitrogens is 2. The highest BCUT2D eigenvalue weighted by Gasteiger charge is 2.28. The van der Waals surface area contributed by atoms with Crippen molar-refractivity contribution in [3.63, 3.8) is 0 Å². The van der Waals surface area contributed by atoms with Crippen LogP contribution in [0.3, 0.4) is 0 Å². The van der Waals surface area contributed by atoms with Crippen LogP contribution in [0, 0.1) is 0 Å². The molecule has 0 atom stereocenters. The smallest absolute Gasteiger partial charge is 0.236 e. The van der Waals surface area contributed by atoms with Gasteiger partial charge in [-0.1, -0.05) is 0 Å². The van der Waals surface area contributed by atoms with E-state index >= 15 is 0 Å². The maximum absolute atomic E-state index is 12.1. The van der Waals surface area contributed by atoms with Gasteiger partial charge in [0.05, 0.1) is 11.4 Å². The molecule has 0 aliphatic carbocycles. The topological polar surface area (TPSA) is 110 Å². The minimum absolute atomic E-state index is 0.238. The van der Waals surface area contributed by atoms with Crippen molar-refractivity contribution in [2.24, 2.45) is 5.73 Å². The van der Waals surface area contributed by atoms with Gasteiger partial charge in [0.15, 0.2) is 0 Å². The maximum Gasteiger partial charge on any atom is 0.236 e. The summed E-state index contributed by atoms with van der Waals surface area (Å²) in [5.41, 5.74) is 6.13. The molecule has 1 aromatic heterocycles. The fourth-order valence-corrected chi connectivity index (χ4v) is 3.21. The van der Waals surface area contributed by atoms with Crippen LogP contribution in [0.1, 0.15) is 18.4 Å². The van der Waals surface area contributed by atoms with Crippen LogP contribution >= 0.6 is 0 Å². The third-order valence-electron chi connectivity index (χ3n) is 2.79. The van der Waals surface area contributed by atoms with Crippen molar-refractivity contribution >= 4 is 15.8 Å². The lowest BCUT2D eigenvalue weighted by Crippen LogP contribution is -2.33. The fourth-order valence-electron chi connectivity index (χ4n) is 1.77. The van der Waals surface area contributed by atoms with Gasteiger partial charge in [0.2, 0.25) is 10.0 Å².